The zero-order chi connectivity index (χ0) is 14.2. The molecule has 1 N–H and O–H groups in total. The lowest BCUT2D eigenvalue weighted by Gasteiger charge is -2.13. The second-order valence-corrected chi connectivity index (χ2v) is 7.06. The fourth-order valence-electron chi connectivity index (χ4n) is 2.69. The Morgan fingerprint density at radius 2 is 2.19 bits per heavy atom. The minimum absolute atomic E-state index is 0.832. The predicted octanol–water partition coefficient (Wildman–Crippen LogP) is 4.78. The van der Waals surface area contributed by atoms with Gasteiger partial charge in [0, 0.05) is 12.1 Å². The number of fused-ring (bicyclic) bond motifs is 2. The van der Waals surface area contributed by atoms with E-state index in [0.717, 1.165) is 41.6 Å². The maximum atomic E-state index is 5.84. The standard InChI is InChI=1S/C16H16N2OS2/c1-2-17-14-13(10-6-5-9-19-16(10)21-14)15-18-11-7-3-4-8-12(11)20-15/h3-4,7-8,17H,2,5-6,9H2,1H3. The molecule has 0 saturated heterocycles. The van der Waals surface area contributed by atoms with Gasteiger partial charge in [-0.15, -0.1) is 11.3 Å². The second kappa shape index (κ2) is 5.31. The first-order valence-corrected chi connectivity index (χ1v) is 8.88. The molecule has 1 aliphatic heterocycles. The number of hydrogen-bond donors (Lipinski definition) is 1. The Labute approximate surface area is 131 Å². The zero-order valence-electron chi connectivity index (χ0n) is 11.8. The van der Waals surface area contributed by atoms with Crippen molar-refractivity contribution in [1.82, 2.24) is 4.98 Å². The van der Waals surface area contributed by atoms with Crippen molar-refractivity contribution in [3.05, 3.63) is 29.8 Å². The van der Waals surface area contributed by atoms with Crippen LogP contribution in [0.15, 0.2) is 24.3 Å². The Hall–Kier alpha value is -1.59. The summed E-state index contributed by atoms with van der Waals surface area (Å²) in [5.41, 5.74) is 3.68. The minimum Gasteiger partial charge on any atom is -0.484 e. The third-order valence-electron chi connectivity index (χ3n) is 3.62. The molecule has 3 aromatic rings. The highest BCUT2D eigenvalue weighted by atomic mass is 32.1. The Kier molecular flexibility index (Phi) is 3.31. The Balaban J connectivity index is 1.91. The number of benzene rings is 1. The summed E-state index contributed by atoms with van der Waals surface area (Å²) in [7, 11) is 0. The van der Waals surface area contributed by atoms with Gasteiger partial charge in [-0.3, -0.25) is 0 Å². The van der Waals surface area contributed by atoms with E-state index in [2.05, 4.69) is 30.4 Å². The van der Waals surface area contributed by atoms with Crippen LogP contribution in [0.3, 0.4) is 0 Å². The first-order valence-electron chi connectivity index (χ1n) is 7.25. The van der Waals surface area contributed by atoms with Gasteiger partial charge >= 0.3 is 0 Å². The van der Waals surface area contributed by atoms with E-state index in [-0.39, 0.29) is 0 Å². The highest BCUT2D eigenvalue weighted by Crippen LogP contribution is 2.49. The highest BCUT2D eigenvalue weighted by molar-refractivity contribution is 7.23. The molecule has 3 nitrogen and oxygen atoms in total. The lowest BCUT2D eigenvalue weighted by atomic mass is 10.1. The van der Waals surface area contributed by atoms with Crippen LogP contribution in [0.25, 0.3) is 20.8 Å². The van der Waals surface area contributed by atoms with Crippen LogP contribution in [-0.4, -0.2) is 18.1 Å². The summed E-state index contributed by atoms with van der Waals surface area (Å²) in [5.74, 6) is 0. The van der Waals surface area contributed by atoms with Crippen LogP contribution >= 0.6 is 22.7 Å². The van der Waals surface area contributed by atoms with E-state index in [1.165, 1.54) is 20.8 Å². The maximum absolute atomic E-state index is 5.84. The van der Waals surface area contributed by atoms with E-state index in [1.807, 2.05) is 6.07 Å². The zero-order valence-corrected chi connectivity index (χ0v) is 13.4. The van der Waals surface area contributed by atoms with Crippen molar-refractivity contribution >= 4 is 37.9 Å². The molecule has 5 heteroatoms. The summed E-state index contributed by atoms with van der Waals surface area (Å²) in [6.45, 7) is 3.87. The van der Waals surface area contributed by atoms with Crippen molar-refractivity contribution < 1.29 is 4.74 Å². The predicted molar refractivity (Wildman–Crippen MR) is 90.9 cm³/mol. The van der Waals surface area contributed by atoms with Crippen molar-refractivity contribution in [3.8, 4) is 15.6 Å². The summed E-state index contributed by atoms with van der Waals surface area (Å²) in [4.78, 5) is 4.84. The van der Waals surface area contributed by atoms with E-state index in [1.54, 1.807) is 22.7 Å². The number of nitrogens with zero attached hydrogens (tertiary/aromatic N) is 1. The first-order chi connectivity index (χ1) is 10.4. The molecule has 1 aromatic carbocycles. The highest BCUT2D eigenvalue weighted by Gasteiger charge is 2.25. The molecule has 3 heterocycles. The summed E-state index contributed by atoms with van der Waals surface area (Å²) >= 11 is 3.49. The molecule has 0 unspecified atom stereocenters. The average Bonchev–Trinajstić information content (AvgIpc) is 3.07. The molecule has 0 amide bonds. The molecule has 21 heavy (non-hydrogen) atoms. The molecule has 0 bridgehead atoms. The number of thiazole rings is 1. The van der Waals surface area contributed by atoms with Crippen LogP contribution in [0.2, 0.25) is 0 Å². The number of anilines is 1. The van der Waals surface area contributed by atoms with Crippen molar-refractivity contribution in [3.63, 3.8) is 0 Å². The van der Waals surface area contributed by atoms with Gasteiger partial charge in [0.1, 0.15) is 10.0 Å². The lowest BCUT2D eigenvalue weighted by molar-refractivity contribution is 0.298. The van der Waals surface area contributed by atoms with Gasteiger partial charge in [-0.2, -0.15) is 0 Å². The Bertz CT molecular complexity index is 758. The van der Waals surface area contributed by atoms with E-state index < -0.39 is 0 Å². The van der Waals surface area contributed by atoms with Crippen LogP contribution in [0.4, 0.5) is 5.00 Å². The summed E-state index contributed by atoms with van der Waals surface area (Å²) in [6, 6.07) is 8.33. The van der Waals surface area contributed by atoms with Gasteiger partial charge in [-0.05, 0) is 31.9 Å². The molecule has 2 aromatic heterocycles. The quantitative estimate of drug-likeness (QED) is 0.755. The fourth-order valence-corrected chi connectivity index (χ4v) is 4.99. The van der Waals surface area contributed by atoms with Crippen LogP contribution in [0, 0.1) is 0 Å². The maximum Gasteiger partial charge on any atom is 0.179 e. The second-order valence-electron chi connectivity index (χ2n) is 5.04. The van der Waals surface area contributed by atoms with Gasteiger partial charge in [-0.1, -0.05) is 23.5 Å². The lowest BCUT2D eigenvalue weighted by Crippen LogP contribution is -2.06. The molecule has 0 atom stereocenters. The number of thiophene rings is 1. The van der Waals surface area contributed by atoms with Crippen molar-refractivity contribution in [2.75, 3.05) is 18.5 Å². The fraction of sp³-hybridized carbons (Fsp3) is 0.312. The molecule has 1 aliphatic rings. The van der Waals surface area contributed by atoms with Gasteiger partial charge in [-0.25, -0.2) is 4.98 Å². The normalized spacial score (nSPS) is 14.0. The van der Waals surface area contributed by atoms with Gasteiger partial charge in [0.2, 0.25) is 0 Å². The Morgan fingerprint density at radius 1 is 1.29 bits per heavy atom. The Morgan fingerprint density at radius 3 is 3.05 bits per heavy atom. The van der Waals surface area contributed by atoms with E-state index in [9.17, 15) is 0 Å². The van der Waals surface area contributed by atoms with E-state index >= 15 is 0 Å². The molecule has 0 spiro atoms. The van der Waals surface area contributed by atoms with E-state index in [0.29, 0.717) is 0 Å². The smallest absolute Gasteiger partial charge is 0.179 e. The molecule has 0 saturated carbocycles. The van der Waals surface area contributed by atoms with Gasteiger partial charge < -0.3 is 10.1 Å². The van der Waals surface area contributed by atoms with Crippen molar-refractivity contribution in [1.29, 1.82) is 0 Å². The van der Waals surface area contributed by atoms with Crippen LogP contribution < -0.4 is 10.1 Å². The number of nitrogens with one attached hydrogen (secondary N) is 1. The number of ether oxygens (including phenoxy) is 1. The minimum atomic E-state index is 0.832. The van der Waals surface area contributed by atoms with Crippen molar-refractivity contribution in [2.45, 2.75) is 19.8 Å². The van der Waals surface area contributed by atoms with Crippen LogP contribution in [0.1, 0.15) is 18.9 Å². The average molecular weight is 316 g/mol. The van der Waals surface area contributed by atoms with Gasteiger partial charge in [0.25, 0.3) is 0 Å². The largest absolute Gasteiger partial charge is 0.484 e. The third kappa shape index (κ3) is 2.21. The SMILES string of the molecule is CCNc1sc2c(c1-c1nc3ccccc3s1)CCCO2. The topological polar surface area (TPSA) is 34.2 Å². The molecular formula is C16H16N2OS2. The molecule has 108 valence electrons. The molecular weight excluding hydrogens is 300 g/mol. The number of hydrogen-bond acceptors (Lipinski definition) is 5. The number of para-hydroxylation sites is 1. The molecule has 4 rings (SSSR count). The summed E-state index contributed by atoms with van der Waals surface area (Å²) in [6.07, 6.45) is 2.18. The molecule has 0 radical (unpaired) electrons. The first kappa shape index (κ1) is 13.1. The summed E-state index contributed by atoms with van der Waals surface area (Å²) < 4.78 is 7.08. The van der Waals surface area contributed by atoms with Gasteiger partial charge in [0.05, 0.1) is 22.4 Å². The molecule has 0 fully saturated rings. The van der Waals surface area contributed by atoms with Crippen LogP contribution in [0.5, 0.6) is 5.06 Å². The monoisotopic (exact) mass is 316 g/mol. The van der Waals surface area contributed by atoms with Crippen LogP contribution in [-0.2, 0) is 6.42 Å². The third-order valence-corrected chi connectivity index (χ3v) is 5.78. The number of rotatable bonds is 3. The van der Waals surface area contributed by atoms with Crippen molar-refractivity contribution in [2.24, 2.45) is 0 Å². The van der Waals surface area contributed by atoms with Gasteiger partial charge in [0.15, 0.2) is 5.06 Å². The van der Waals surface area contributed by atoms with E-state index in [4.69, 9.17) is 9.72 Å². The number of aromatic nitrogens is 1. The summed E-state index contributed by atoms with van der Waals surface area (Å²) in [5, 5.41) is 6.86. The molecule has 0 aliphatic carbocycles.